The summed E-state index contributed by atoms with van der Waals surface area (Å²) in [6.07, 6.45) is 6.64. The number of methoxy groups -OCH3 is 1. The number of nitrogens with zero attached hydrogens (tertiary/aromatic N) is 1. The molecule has 0 unspecified atom stereocenters. The van der Waals surface area contributed by atoms with Crippen LogP contribution in [0.25, 0.3) is 6.08 Å². The van der Waals surface area contributed by atoms with E-state index in [0.29, 0.717) is 31.2 Å². The fraction of sp³-hybridized carbons (Fsp3) is 0.333. The summed E-state index contributed by atoms with van der Waals surface area (Å²) < 4.78 is 12.4. The van der Waals surface area contributed by atoms with E-state index < -0.39 is 0 Å². The van der Waals surface area contributed by atoms with E-state index in [4.69, 9.17) is 9.47 Å². The summed E-state index contributed by atoms with van der Waals surface area (Å²) in [4.78, 5) is 23.5. The second kappa shape index (κ2) is 10.9. The van der Waals surface area contributed by atoms with Crippen LogP contribution in [-0.2, 0) is 11.3 Å². The van der Waals surface area contributed by atoms with Crippen LogP contribution in [0.5, 0.6) is 11.5 Å². The molecule has 0 fully saturated rings. The highest BCUT2D eigenvalue weighted by atomic mass is 16.5. The lowest BCUT2D eigenvalue weighted by atomic mass is 10.2. The number of aromatic nitrogens is 1. The van der Waals surface area contributed by atoms with E-state index in [1.807, 2.05) is 31.2 Å². The van der Waals surface area contributed by atoms with Gasteiger partial charge in [-0.25, -0.2) is 0 Å². The van der Waals surface area contributed by atoms with Crippen molar-refractivity contribution in [3.63, 3.8) is 0 Å². The van der Waals surface area contributed by atoms with Gasteiger partial charge in [0.2, 0.25) is 11.5 Å². The van der Waals surface area contributed by atoms with Crippen molar-refractivity contribution < 1.29 is 14.3 Å². The number of aryl methyl sites for hydroxylation is 1. The molecule has 0 aliphatic heterocycles. The van der Waals surface area contributed by atoms with Gasteiger partial charge in [-0.05, 0) is 49.6 Å². The van der Waals surface area contributed by atoms with Gasteiger partial charge in [0.05, 0.1) is 13.7 Å². The molecule has 6 heteroatoms. The summed E-state index contributed by atoms with van der Waals surface area (Å²) in [5.74, 6) is 1.16. The first-order valence-electron chi connectivity index (χ1n) is 9.06. The largest absolute Gasteiger partial charge is 0.493 e. The van der Waals surface area contributed by atoms with Gasteiger partial charge in [0, 0.05) is 31.4 Å². The Labute approximate surface area is 159 Å². The van der Waals surface area contributed by atoms with Crippen LogP contribution in [0, 0.1) is 0 Å². The quantitative estimate of drug-likeness (QED) is 0.516. The highest BCUT2D eigenvalue weighted by Gasteiger charge is 2.04. The molecule has 0 radical (unpaired) electrons. The van der Waals surface area contributed by atoms with Crippen molar-refractivity contribution in [3.05, 3.63) is 64.6 Å². The van der Waals surface area contributed by atoms with Crippen molar-refractivity contribution in [1.82, 2.24) is 9.88 Å². The maximum atomic E-state index is 11.9. The van der Waals surface area contributed by atoms with Crippen LogP contribution in [0.3, 0.4) is 0 Å². The molecule has 0 aliphatic carbocycles. The molecule has 2 rings (SSSR count). The Morgan fingerprint density at radius 1 is 1.19 bits per heavy atom. The van der Waals surface area contributed by atoms with Crippen molar-refractivity contribution in [2.24, 2.45) is 0 Å². The van der Waals surface area contributed by atoms with Gasteiger partial charge < -0.3 is 19.4 Å². The molecule has 1 aromatic heterocycles. The van der Waals surface area contributed by atoms with Gasteiger partial charge in [-0.3, -0.25) is 9.59 Å². The fourth-order valence-electron chi connectivity index (χ4n) is 2.56. The first-order chi connectivity index (χ1) is 13.1. The van der Waals surface area contributed by atoms with Crippen LogP contribution < -0.4 is 20.3 Å². The van der Waals surface area contributed by atoms with E-state index in [1.54, 1.807) is 36.1 Å². The molecule has 0 atom stereocenters. The Balaban J connectivity index is 1.76. The summed E-state index contributed by atoms with van der Waals surface area (Å²) in [6.45, 7) is 3.66. The maximum absolute atomic E-state index is 11.9. The Kier molecular flexibility index (Phi) is 8.16. The minimum Gasteiger partial charge on any atom is -0.493 e. The Hall–Kier alpha value is -3.02. The highest BCUT2D eigenvalue weighted by molar-refractivity contribution is 5.91. The number of rotatable bonds is 10. The first kappa shape index (κ1) is 20.3. The van der Waals surface area contributed by atoms with E-state index in [1.165, 1.54) is 6.08 Å². The van der Waals surface area contributed by atoms with Crippen molar-refractivity contribution >= 4 is 12.0 Å². The number of nitrogens with one attached hydrogen (secondary N) is 1. The molecule has 0 saturated heterocycles. The van der Waals surface area contributed by atoms with Crippen LogP contribution in [-0.4, -0.2) is 30.7 Å². The molecule has 1 N–H and O–H groups in total. The Morgan fingerprint density at radius 2 is 2.04 bits per heavy atom. The first-order valence-corrected chi connectivity index (χ1v) is 9.06. The lowest BCUT2D eigenvalue weighted by molar-refractivity contribution is -0.116. The normalized spacial score (nSPS) is 10.7. The van der Waals surface area contributed by atoms with Crippen molar-refractivity contribution in [2.75, 3.05) is 20.3 Å². The van der Waals surface area contributed by atoms with Crippen LogP contribution in [0.4, 0.5) is 0 Å². The van der Waals surface area contributed by atoms with E-state index in [9.17, 15) is 9.59 Å². The summed E-state index contributed by atoms with van der Waals surface area (Å²) in [5.41, 5.74) is 0.855. The summed E-state index contributed by atoms with van der Waals surface area (Å²) in [5, 5.41) is 2.85. The Bertz CT molecular complexity index is 827. The summed E-state index contributed by atoms with van der Waals surface area (Å²) in [7, 11) is 1.59. The molecular weight excluding hydrogens is 344 g/mol. The number of unbranched alkanes of at least 4 members (excludes halogenated alkanes) is 1. The zero-order valence-corrected chi connectivity index (χ0v) is 15.8. The molecule has 144 valence electrons. The second-order valence-electron chi connectivity index (χ2n) is 5.91. The predicted molar refractivity (Wildman–Crippen MR) is 106 cm³/mol. The topological polar surface area (TPSA) is 69.6 Å². The molecule has 0 aliphatic rings. The second-order valence-corrected chi connectivity index (χ2v) is 5.91. The van der Waals surface area contributed by atoms with Crippen LogP contribution in [0.15, 0.2) is 53.5 Å². The van der Waals surface area contributed by atoms with Gasteiger partial charge in [0.15, 0.2) is 11.5 Å². The lowest BCUT2D eigenvalue weighted by Crippen LogP contribution is -2.23. The molecule has 2 aromatic rings. The van der Waals surface area contributed by atoms with Crippen LogP contribution >= 0.6 is 0 Å². The van der Waals surface area contributed by atoms with Gasteiger partial charge in [-0.1, -0.05) is 12.1 Å². The minimum absolute atomic E-state index is 0.00428. The number of amides is 1. The van der Waals surface area contributed by atoms with E-state index >= 15 is 0 Å². The maximum Gasteiger partial charge on any atom is 0.250 e. The van der Waals surface area contributed by atoms with E-state index in [2.05, 4.69) is 5.32 Å². The third-order valence-electron chi connectivity index (χ3n) is 3.94. The van der Waals surface area contributed by atoms with Gasteiger partial charge in [-0.15, -0.1) is 0 Å². The lowest BCUT2D eigenvalue weighted by Gasteiger charge is -2.09. The molecule has 0 bridgehead atoms. The monoisotopic (exact) mass is 370 g/mol. The van der Waals surface area contributed by atoms with Crippen molar-refractivity contribution in [2.45, 2.75) is 26.3 Å². The number of hydrogen-bond acceptors (Lipinski definition) is 4. The van der Waals surface area contributed by atoms with Crippen LogP contribution in [0.2, 0.25) is 0 Å². The molecule has 1 aromatic carbocycles. The van der Waals surface area contributed by atoms with Gasteiger partial charge in [0.25, 0.3) is 0 Å². The zero-order chi connectivity index (χ0) is 19.5. The molecule has 6 nitrogen and oxygen atoms in total. The summed E-state index contributed by atoms with van der Waals surface area (Å²) >= 11 is 0. The molecule has 1 amide bonds. The average Bonchev–Trinajstić information content (AvgIpc) is 2.68. The number of carbonyl (C=O) groups excluding carboxylic acids is 1. The standard InChI is InChI=1S/C21H26N2O4/c1-3-27-19-16-17(9-11-18(19)26-2)10-12-20(24)22-13-5-7-15-23-14-6-4-8-21(23)25/h4,6,8-12,14,16H,3,5,7,13,15H2,1-2H3,(H,22,24). The van der Waals surface area contributed by atoms with E-state index in [0.717, 1.165) is 18.4 Å². The fourth-order valence-corrected chi connectivity index (χ4v) is 2.56. The smallest absolute Gasteiger partial charge is 0.250 e. The number of pyridine rings is 1. The molecule has 0 spiro atoms. The molecular formula is C21H26N2O4. The van der Waals surface area contributed by atoms with Crippen molar-refractivity contribution in [1.29, 1.82) is 0 Å². The van der Waals surface area contributed by atoms with Crippen molar-refractivity contribution in [3.8, 4) is 11.5 Å². The summed E-state index contributed by atoms with van der Waals surface area (Å²) in [6, 6.07) is 10.6. The van der Waals surface area contributed by atoms with Gasteiger partial charge in [0.1, 0.15) is 0 Å². The predicted octanol–water partition coefficient (Wildman–Crippen LogP) is 2.87. The highest BCUT2D eigenvalue weighted by Crippen LogP contribution is 2.28. The van der Waals surface area contributed by atoms with E-state index in [-0.39, 0.29) is 11.5 Å². The average molecular weight is 370 g/mol. The minimum atomic E-state index is -0.152. The number of carbonyl (C=O) groups is 1. The number of benzene rings is 1. The van der Waals surface area contributed by atoms with Gasteiger partial charge in [-0.2, -0.15) is 0 Å². The third kappa shape index (κ3) is 6.66. The van der Waals surface area contributed by atoms with Gasteiger partial charge >= 0.3 is 0 Å². The number of hydrogen-bond donors (Lipinski definition) is 1. The van der Waals surface area contributed by atoms with Crippen LogP contribution in [0.1, 0.15) is 25.3 Å². The molecule has 1 heterocycles. The Morgan fingerprint density at radius 3 is 2.78 bits per heavy atom. The third-order valence-corrected chi connectivity index (χ3v) is 3.94. The SMILES string of the molecule is CCOc1cc(C=CC(=O)NCCCCn2ccccc2=O)ccc1OC. The zero-order valence-electron chi connectivity index (χ0n) is 15.8. The molecule has 27 heavy (non-hydrogen) atoms. The number of ether oxygens (including phenoxy) is 2. The molecule has 0 saturated carbocycles.